The third kappa shape index (κ3) is 2.53. The van der Waals surface area contributed by atoms with Crippen LogP contribution in [0.25, 0.3) is 0 Å². The first-order valence-corrected chi connectivity index (χ1v) is 6.42. The molecule has 0 fully saturated rings. The molecule has 18 heavy (non-hydrogen) atoms. The maximum atomic E-state index is 13.7. The van der Waals surface area contributed by atoms with E-state index < -0.39 is 11.9 Å². The number of hydrogen-bond acceptors (Lipinski definition) is 6. The molecule has 1 atom stereocenters. The van der Waals surface area contributed by atoms with Crippen LogP contribution in [-0.4, -0.2) is 14.6 Å². The lowest BCUT2D eigenvalue weighted by Gasteiger charge is -2.15. The van der Waals surface area contributed by atoms with Crippen molar-refractivity contribution in [3.8, 4) is 0 Å². The number of hydrogen-bond donors (Lipinski definition) is 2. The highest BCUT2D eigenvalue weighted by Gasteiger charge is 2.22. The predicted octanol–water partition coefficient (Wildman–Crippen LogP) is 1.58. The van der Waals surface area contributed by atoms with E-state index in [-0.39, 0.29) is 0 Å². The number of hydrazine groups is 1. The molecule has 0 aliphatic carbocycles. The minimum Gasteiger partial charge on any atom is -0.271 e. The van der Waals surface area contributed by atoms with Gasteiger partial charge in [-0.1, -0.05) is 17.8 Å². The maximum Gasteiger partial charge on any atom is 0.146 e. The highest BCUT2D eigenvalue weighted by molar-refractivity contribution is 7.05. The van der Waals surface area contributed by atoms with Crippen LogP contribution in [0, 0.1) is 5.82 Å². The lowest BCUT2D eigenvalue weighted by Crippen LogP contribution is -2.29. The summed E-state index contributed by atoms with van der Waals surface area (Å²) in [6, 6.07) is 1.17. The molecule has 0 amide bonds. The Hall–Kier alpha value is -1.44. The van der Waals surface area contributed by atoms with Crippen LogP contribution in [0.4, 0.5) is 4.39 Å². The molecule has 0 aliphatic heterocycles. The molecule has 0 aliphatic rings. The molecule has 0 radical (unpaired) electrons. The molecule has 2 rings (SSSR count). The molecule has 96 valence electrons. The van der Waals surface area contributed by atoms with Gasteiger partial charge in [0.2, 0.25) is 0 Å². The molecule has 3 N–H and O–H groups in total. The average molecular weight is 267 g/mol. The SMILES string of the molecule is CCCc1nnsc1C(NN)c1ccncc1F. The highest BCUT2D eigenvalue weighted by Crippen LogP contribution is 2.28. The normalized spacial score (nSPS) is 12.6. The summed E-state index contributed by atoms with van der Waals surface area (Å²) in [4.78, 5) is 4.58. The van der Waals surface area contributed by atoms with Crippen molar-refractivity contribution in [2.24, 2.45) is 5.84 Å². The van der Waals surface area contributed by atoms with E-state index in [0.717, 1.165) is 23.4 Å². The van der Waals surface area contributed by atoms with Gasteiger partial charge in [0.25, 0.3) is 0 Å². The second-order valence-electron chi connectivity index (χ2n) is 3.83. The van der Waals surface area contributed by atoms with Gasteiger partial charge >= 0.3 is 0 Å². The van der Waals surface area contributed by atoms with Crippen molar-refractivity contribution in [2.45, 2.75) is 25.8 Å². The molecule has 7 heteroatoms. The predicted molar refractivity (Wildman–Crippen MR) is 67.3 cm³/mol. The van der Waals surface area contributed by atoms with Crippen LogP contribution >= 0.6 is 11.5 Å². The summed E-state index contributed by atoms with van der Waals surface area (Å²) in [5, 5.41) is 4.06. The van der Waals surface area contributed by atoms with Crippen molar-refractivity contribution >= 4 is 11.5 Å². The quantitative estimate of drug-likeness (QED) is 0.635. The van der Waals surface area contributed by atoms with E-state index in [0.29, 0.717) is 5.56 Å². The first kappa shape index (κ1) is 13.0. The molecular weight excluding hydrogens is 253 g/mol. The molecule has 0 bridgehead atoms. The van der Waals surface area contributed by atoms with Crippen LogP contribution < -0.4 is 11.3 Å². The van der Waals surface area contributed by atoms with Gasteiger partial charge in [-0.15, -0.1) is 5.10 Å². The van der Waals surface area contributed by atoms with Crippen LogP contribution in [0.1, 0.15) is 35.5 Å². The maximum absolute atomic E-state index is 13.7. The standard InChI is InChI=1S/C11H14FN5S/c1-2-3-9-11(18-17-16-9)10(15-13)7-4-5-14-6-8(7)12/h4-6,10,15H,2-3,13H2,1H3. The van der Waals surface area contributed by atoms with E-state index in [2.05, 4.69) is 26.9 Å². The summed E-state index contributed by atoms with van der Waals surface area (Å²) < 4.78 is 17.7. The molecule has 2 aromatic rings. The van der Waals surface area contributed by atoms with Gasteiger partial charge in [-0.3, -0.25) is 10.8 Å². The van der Waals surface area contributed by atoms with E-state index in [1.54, 1.807) is 6.07 Å². The summed E-state index contributed by atoms with van der Waals surface area (Å²) in [6.07, 6.45) is 4.47. The Labute approximate surface area is 108 Å². The zero-order valence-corrected chi connectivity index (χ0v) is 10.7. The van der Waals surface area contributed by atoms with E-state index in [9.17, 15) is 4.39 Å². The zero-order chi connectivity index (χ0) is 13.0. The second kappa shape index (κ2) is 5.94. The van der Waals surface area contributed by atoms with E-state index in [1.807, 2.05) is 0 Å². The molecule has 2 aromatic heterocycles. The van der Waals surface area contributed by atoms with Crippen molar-refractivity contribution in [3.63, 3.8) is 0 Å². The van der Waals surface area contributed by atoms with Crippen LogP contribution in [0.15, 0.2) is 18.5 Å². The Bertz CT molecular complexity index is 516. The molecule has 0 saturated carbocycles. The molecule has 0 spiro atoms. The first-order chi connectivity index (χ1) is 8.77. The van der Waals surface area contributed by atoms with Crippen molar-refractivity contribution < 1.29 is 4.39 Å². The third-order valence-corrected chi connectivity index (χ3v) is 3.45. The van der Waals surface area contributed by atoms with Gasteiger partial charge in [0, 0.05) is 11.8 Å². The van der Waals surface area contributed by atoms with Gasteiger partial charge in [-0.25, -0.2) is 9.82 Å². The fourth-order valence-corrected chi connectivity index (χ4v) is 2.55. The summed E-state index contributed by atoms with van der Waals surface area (Å²) >= 11 is 1.24. The smallest absolute Gasteiger partial charge is 0.146 e. The lowest BCUT2D eigenvalue weighted by molar-refractivity contribution is 0.556. The number of aromatic nitrogens is 3. The molecular formula is C11H14FN5S. The fraction of sp³-hybridized carbons (Fsp3) is 0.364. The number of nitrogens with one attached hydrogen (secondary N) is 1. The van der Waals surface area contributed by atoms with Crippen LogP contribution in [0.2, 0.25) is 0 Å². The summed E-state index contributed by atoms with van der Waals surface area (Å²) in [5.41, 5.74) is 3.94. The Morgan fingerprint density at radius 3 is 3.06 bits per heavy atom. The molecule has 0 saturated heterocycles. The summed E-state index contributed by atoms with van der Waals surface area (Å²) in [5.74, 6) is 5.15. The van der Waals surface area contributed by atoms with Gasteiger partial charge in [0.05, 0.1) is 22.8 Å². The second-order valence-corrected chi connectivity index (χ2v) is 4.62. The zero-order valence-electron chi connectivity index (χ0n) is 9.93. The largest absolute Gasteiger partial charge is 0.271 e. The minimum atomic E-state index is -0.436. The Balaban J connectivity index is 2.39. The minimum absolute atomic E-state index is 0.392. The Kier molecular flexibility index (Phi) is 4.29. The van der Waals surface area contributed by atoms with Gasteiger partial charge in [-0.05, 0) is 24.0 Å². The van der Waals surface area contributed by atoms with Crippen molar-refractivity contribution in [1.29, 1.82) is 0 Å². The molecule has 5 nitrogen and oxygen atoms in total. The van der Waals surface area contributed by atoms with E-state index >= 15 is 0 Å². The van der Waals surface area contributed by atoms with Crippen LogP contribution in [0.5, 0.6) is 0 Å². The average Bonchev–Trinajstić information content (AvgIpc) is 2.82. The number of aryl methyl sites for hydroxylation is 1. The Morgan fingerprint density at radius 1 is 1.56 bits per heavy atom. The molecule has 2 heterocycles. The number of halogens is 1. The van der Waals surface area contributed by atoms with Crippen molar-refractivity contribution in [2.75, 3.05) is 0 Å². The third-order valence-electron chi connectivity index (χ3n) is 2.62. The topological polar surface area (TPSA) is 76.7 Å². The molecule has 0 aromatic carbocycles. The van der Waals surface area contributed by atoms with Crippen molar-refractivity contribution in [3.05, 3.63) is 40.4 Å². The van der Waals surface area contributed by atoms with Gasteiger partial charge in [-0.2, -0.15) is 0 Å². The number of nitrogens with two attached hydrogens (primary N) is 1. The van der Waals surface area contributed by atoms with Gasteiger partial charge in [0.1, 0.15) is 5.82 Å². The summed E-state index contributed by atoms with van der Waals surface area (Å²) in [6.45, 7) is 2.06. The number of nitrogens with zero attached hydrogens (tertiary/aromatic N) is 3. The number of rotatable bonds is 5. The lowest BCUT2D eigenvalue weighted by atomic mass is 10.0. The first-order valence-electron chi connectivity index (χ1n) is 5.64. The van der Waals surface area contributed by atoms with E-state index in [4.69, 9.17) is 5.84 Å². The highest BCUT2D eigenvalue weighted by atomic mass is 32.1. The van der Waals surface area contributed by atoms with Gasteiger partial charge in [0.15, 0.2) is 0 Å². The van der Waals surface area contributed by atoms with Gasteiger partial charge < -0.3 is 0 Å². The monoisotopic (exact) mass is 267 g/mol. The van der Waals surface area contributed by atoms with Crippen molar-refractivity contribution in [1.82, 2.24) is 20.0 Å². The van der Waals surface area contributed by atoms with Crippen LogP contribution in [0.3, 0.4) is 0 Å². The van der Waals surface area contributed by atoms with E-state index in [1.165, 1.54) is 23.9 Å². The Morgan fingerprint density at radius 2 is 2.39 bits per heavy atom. The van der Waals surface area contributed by atoms with Crippen LogP contribution in [-0.2, 0) is 6.42 Å². The molecule has 1 unspecified atom stereocenters. The number of pyridine rings is 1. The summed E-state index contributed by atoms with van der Waals surface area (Å²) in [7, 11) is 0. The fourth-order valence-electron chi connectivity index (χ4n) is 1.77.